The number of alkyl halides is 3. The van der Waals surface area contributed by atoms with E-state index in [9.17, 15) is 13.2 Å². The van der Waals surface area contributed by atoms with Crippen molar-refractivity contribution < 1.29 is 17.9 Å². The van der Waals surface area contributed by atoms with Gasteiger partial charge in [-0.15, -0.1) is 0 Å². The summed E-state index contributed by atoms with van der Waals surface area (Å²) in [5.41, 5.74) is 1.75. The number of hydrogen-bond donors (Lipinski definition) is 0. The van der Waals surface area contributed by atoms with Crippen LogP contribution in [0.3, 0.4) is 0 Å². The highest BCUT2D eigenvalue weighted by atomic mass is 19.4. The topological polar surface area (TPSA) is 26.5 Å². The Balaban J connectivity index is 1.57. The third-order valence-corrected chi connectivity index (χ3v) is 4.49. The van der Waals surface area contributed by atoms with Crippen molar-refractivity contribution in [2.75, 3.05) is 6.61 Å². The van der Waals surface area contributed by atoms with Gasteiger partial charge in [-0.3, -0.25) is 0 Å². The minimum absolute atomic E-state index is 0.0712. The van der Waals surface area contributed by atoms with E-state index in [2.05, 4.69) is 4.99 Å². The van der Waals surface area contributed by atoms with Crippen molar-refractivity contribution in [2.24, 2.45) is 4.99 Å². The molecule has 2 aromatic carbocycles. The minimum Gasteiger partial charge on any atom is -0.474 e. The number of rotatable bonds is 4. The summed E-state index contributed by atoms with van der Waals surface area (Å²) in [6, 6.07) is 18.9. The molecule has 0 aliphatic carbocycles. The number of hydrogen-bond acceptors (Lipinski definition) is 2. The van der Waals surface area contributed by atoms with Crippen LogP contribution in [0.2, 0.25) is 0 Å². The maximum Gasteiger partial charge on any atom is 0.416 e. The number of aromatic nitrogens is 1. The Bertz CT molecular complexity index is 961. The van der Waals surface area contributed by atoms with Gasteiger partial charge >= 0.3 is 6.18 Å². The van der Waals surface area contributed by atoms with Gasteiger partial charge in [0.25, 0.3) is 0 Å². The zero-order valence-electron chi connectivity index (χ0n) is 14.4. The third-order valence-electron chi connectivity index (χ3n) is 4.49. The molecule has 6 heteroatoms. The van der Waals surface area contributed by atoms with E-state index in [4.69, 9.17) is 4.74 Å². The van der Waals surface area contributed by atoms with Crippen molar-refractivity contribution in [1.82, 2.24) is 4.57 Å². The van der Waals surface area contributed by atoms with E-state index in [1.54, 1.807) is 6.07 Å². The Morgan fingerprint density at radius 2 is 1.81 bits per heavy atom. The van der Waals surface area contributed by atoms with Crippen LogP contribution in [0.25, 0.3) is 0 Å². The number of halogens is 3. The molecule has 2 heterocycles. The molecule has 4 rings (SSSR count). The second kappa shape index (κ2) is 6.95. The van der Waals surface area contributed by atoms with Crippen molar-refractivity contribution in [3.63, 3.8) is 0 Å². The number of ether oxygens (including phenoxy) is 1. The molecule has 27 heavy (non-hydrogen) atoms. The first kappa shape index (κ1) is 17.4. The second-order valence-electron chi connectivity index (χ2n) is 6.39. The van der Waals surface area contributed by atoms with Crippen molar-refractivity contribution in [3.05, 3.63) is 95.3 Å². The standard InChI is InChI=1S/C21H17F3N2O/c22-21(23,24)17-9-4-6-15(12-17)13-26-11-5-10-19(26)20-25-18(14-27-20)16-7-2-1-3-8-16/h1-12,18H,13-14H2/t18-/m0/s1. The number of benzene rings is 2. The summed E-state index contributed by atoms with van der Waals surface area (Å²) in [7, 11) is 0. The smallest absolute Gasteiger partial charge is 0.416 e. The molecule has 0 bridgehead atoms. The highest BCUT2D eigenvalue weighted by Gasteiger charge is 2.30. The lowest BCUT2D eigenvalue weighted by molar-refractivity contribution is -0.137. The lowest BCUT2D eigenvalue weighted by atomic mass is 10.1. The van der Waals surface area contributed by atoms with E-state index >= 15 is 0 Å². The molecule has 1 aliphatic heterocycles. The molecule has 0 saturated carbocycles. The summed E-state index contributed by atoms with van der Waals surface area (Å²) in [5, 5.41) is 0. The zero-order valence-corrected chi connectivity index (χ0v) is 14.4. The molecule has 3 aromatic rings. The van der Waals surface area contributed by atoms with E-state index < -0.39 is 11.7 Å². The molecule has 0 saturated heterocycles. The molecule has 138 valence electrons. The largest absolute Gasteiger partial charge is 0.474 e. The molecule has 1 aromatic heterocycles. The average Bonchev–Trinajstić information content (AvgIpc) is 3.31. The van der Waals surface area contributed by atoms with E-state index in [1.807, 2.05) is 53.2 Å². The molecule has 0 spiro atoms. The Hall–Kier alpha value is -3.02. The number of nitrogens with zero attached hydrogens (tertiary/aromatic N) is 2. The lowest BCUT2D eigenvalue weighted by Crippen LogP contribution is -2.11. The van der Waals surface area contributed by atoms with Crippen LogP contribution in [0.15, 0.2) is 77.9 Å². The molecule has 3 nitrogen and oxygen atoms in total. The van der Waals surface area contributed by atoms with Gasteiger partial charge in [0.15, 0.2) is 0 Å². The van der Waals surface area contributed by atoms with Gasteiger partial charge in [0, 0.05) is 12.7 Å². The summed E-state index contributed by atoms with van der Waals surface area (Å²) in [6.45, 7) is 0.763. The molecule has 1 atom stereocenters. The van der Waals surface area contributed by atoms with Crippen LogP contribution in [-0.4, -0.2) is 17.1 Å². The Kier molecular flexibility index (Phi) is 4.48. The fourth-order valence-electron chi connectivity index (χ4n) is 3.15. The predicted molar refractivity (Wildman–Crippen MR) is 96.7 cm³/mol. The first-order valence-electron chi connectivity index (χ1n) is 8.58. The van der Waals surface area contributed by atoms with Gasteiger partial charge in [-0.1, -0.05) is 42.5 Å². The molecule has 0 N–H and O–H groups in total. The van der Waals surface area contributed by atoms with Gasteiger partial charge < -0.3 is 9.30 Å². The Labute approximate surface area is 154 Å². The van der Waals surface area contributed by atoms with Gasteiger partial charge in [-0.25, -0.2) is 4.99 Å². The minimum atomic E-state index is -4.35. The summed E-state index contributed by atoms with van der Waals surface area (Å²) in [6.07, 6.45) is -2.53. The number of aliphatic imine (C=N–C) groups is 1. The fraction of sp³-hybridized carbons (Fsp3) is 0.190. The summed E-state index contributed by atoms with van der Waals surface area (Å²) in [5.74, 6) is 0.515. The molecular formula is C21H17F3N2O. The summed E-state index contributed by atoms with van der Waals surface area (Å²) >= 11 is 0. The highest BCUT2D eigenvalue weighted by molar-refractivity contribution is 5.93. The molecule has 0 amide bonds. The van der Waals surface area contributed by atoms with Crippen molar-refractivity contribution in [3.8, 4) is 0 Å². The van der Waals surface area contributed by atoms with E-state index in [-0.39, 0.29) is 6.04 Å². The third kappa shape index (κ3) is 3.74. The monoisotopic (exact) mass is 370 g/mol. The maximum absolute atomic E-state index is 12.9. The average molecular weight is 370 g/mol. The first-order chi connectivity index (χ1) is 13.0. The maximum atomic E-state index is 12.9. The molecule has 1 aliphatic rings. The van der Waals surface area contributed by atoms with E-state index in [1.165, 1.54) is 12.1 Å². The van der Waals surface area contributed by atoms with Crippen LogP contribution in [-0.2, 0) is 17.5 Å². The van der Waals surface area contributed by atoms with Gasteiger partial charge in [0.05, 0.1) is 5.56 Å². The van der Waals surface area contributed by atoms with Crippen LogP contribution >= 0.6 is 0 Å². The second-order valence-corrected chi connectivity index (χ2v) is 6.39. The van der Waals surface area contributed by atoms with Gasteiger partial charge in [-0.2, -0.15) is 13.2 Å². The van der Waals surface area contributed by atoms with E-state index in [0.717, 1.165) is 17.3 Å². The quantitative estimate of drug-likeness (QED) is 0.630. The van der Waals surface area contributed by atoms with E-state index in [0.29, 0.717) is 24.6 Å². The lowest BCUT2D eigenvalue weighted by Gasteiger charge is -2.11. The summed E-state index contributed by atoms with van der Waals surface area (Å²) < 4.78 is 46.4. The summed E-state index contributed by atoms with van der Waals surface area (Å²) in [4.78, 5) is 4.65. The van der Waals surface area contributed by atoms with Crippen molar-refractivity contribution in [2.45, 2.75) is 18.8 Å². The Morgan fingerprint density at radius 3 is 2.59 bits per heavy atom. The highest BCUT2D eigenvalue weighted by Crippen LogP contribution is 2.30. The van der Waals surface area contributed by atoms with Crippen LogP contribution in [0.1, 0.15) is 28.4 Å². The first-order valence-corrected chi connectivity index (χ1v) is 8.58. The normalized spacial score (nSPS) is 16.9. The molecule has 0 radical (unpaired) electrons. The van der Waals surface area contributed by atoms with Crippen molar-refractivity contribution >= 4 is 5.90 Å². The van der Waals surface area contributed by atoms with Gasteiger partial charge in [0.2, 0.25) is 5.90 Å². The zero-order chi connectivity index (χ0) is 18.9. The Morgan fingerprint density at radius 1 is 1.00 bits per heavy atom. The van der Waals surface area contributed by atoms with Crippen molar-refractivity contribution in [1.29, 1.82) is 0 Å². The van der Waals surface area contributed by atoms with Crippen LogP contribution in [0, 0.1) is 0 Å². The van der Waals surface area contributed by atoms with Gasteiger partial charge in [0.1, 0.15) is 18.3 Å². The molecule has 0 unspecified atom stereocenters. The van der Waals surface area contributed by atoms with Gasteiger partial charge in [-0.05, 0) is 35.4 Å². The predicted octanol–water partition coefficient (Wildman–Crippen LogP) is 5.07. The van der Waals surface area contributed by atoms with Crippen LogP contribution < -0.4 is 0 Å². The fourth-order valence-corrected chi connectivity index (χ4v) is 3.15. The SMILES string of the molecule is FC(F)(F)c1cccc(Cn2cccc2C2=N[C@H](c3ccccc3)CO2)c1. The molecular weight excluding hydrogens is 353 g/mol. The molecule has 0 fully saturated rings. The van der Waals surface area contributed by atoms with Crippen LogP contribution in [0.5, 0.6) is 0 Å². The van der Waals surface area contributed by atoms with Crippen LogP contribution in [0.4, 0.5) is 13.2 Å².